The summed E-state index contributed by atoms with van der Waals surface area (Å²) in [6.45, 7) is 0. The number of pyridine rings is 1. The molecule has 0 amide bonds. The number of hydrogen-bond acceptors (Lipinski definition) is 1. The number of fused-ring (bicyclic) bond motifs is 1. The first-order valence-electron chi connectivity index (χ1n) is 5.99. The van der Waals surface area contributed by atoms with Crippen LogP contribution in [0.3, 0.4) is 0 Å². The molecule has 1 aromatic heterocycles. The quantitative estimate of drug-likeness (QED) is 0.614. The summed E-state index contributed by atoms with van der Waals surface area (Å²) in [4.78, 5) is 4.65. The lowest BCUT2D eigenvalue weighted by molar-refractivity contribution is 0.877. The fourth-order valence-electron chi connectivity index (χ4n) is 2.08. The van der Waals surface area contributed by atoms with Crippen LogP contribution in [0.25, 0.3) is 10.9 Å². The predicted octanol–water partition coefficient (Wildman–Crippen LogP) is 3.41. The third kappa shape index (κ3) is 1.93. The molecule has 88 valence electrons. The average molecular weight is 234 g/mol. The number of para-hydroxylation sites is 2. The van der Waals surface area contributed by atoms with Gasteiger partial charge in [-0.15, -0.1) is 0 Å². The second kappa shape index (κ2) is 4.49. The molecular formula is C16H14N2. The minimum atomic E-state index is 0.958. The van der Waals surface area contributed by atoms with Crippen molar-refractivity contribution in [1.82, 2.24) is 4.57 Å². The van der Waals surface area contributed by atoms with Gasteiger partial charge in [0.25, 0.3) is 0 Å². The van der Waals surface area contributed by atoms with Crippen LogP contribution in [-0.4, -0.2) is 4.57 Å². The second-order valence-corrected chi connectivity index (χ2v) is 4.26. The minimum absolute atomic E-state index is 0.958. The van der Waals surface area contributed by atoms with Gasteiger partial charge in [-0.25, -0.2) is 4.99 Å². The molecule has 2 aromatic carbocycles. The van der Waals surface area contributed by atoms with Gasteiger partial charge in [0.15, 0.2) is 0 Å². The third-order valence-electron chi connectivity index (χ3n) is 3.05. The molecule has 3 rings (SSSR count). The fourth-order valence-corrected chi connectivity index (χ4v) is 2.08. The van der Waals surface area contributed by atoms with Gasteiger partial charge in [0.1, 0.15) is 5.49 Å². The maximum Gasteiger partial charge on any atom is 0.133 e. The van der Waals surface area contributed by atoms with Crippen molar-refractivity contribution >= 4 is 16.6 Å². The molecule has 0 aliphatic heterocycles. The van der Waals surface area contributed by atoms with Gasteiger partial charge in [0.2, 0.25) is 0 Å². The Kier molecular flexibility index (Phi) is 2.69. The molecule has 0 fully saturated rings. The predicted molar refractivity (Wildman–Crippen MR) is 74.6 cm³/mol. The van der Waals surface area contributed by atoms with Crippen LogP contribution in [0, 0.1) is 0 Å². The van der Waals surface area contributed by atoms with Crippen molar-refractivity contribution < 1.29 is 0 Å². The van der Waals surface area contributed by atoms with E-state index in [-0.39, 0.29) is 0 Å². The van der Waals surface area contributed by atoms with E-state index in [1.54, 1.807) is 0 Å². The standard InChI is InChI=1S/C16H14N2/c1-18-15-10-6-5-7-13(15)11-12-16(18)17-14-8-3-2-4-9-14/h2-12H,1H3. The third-order valence-corrected chi connectivity index (χ3v) is 3.05. The summed E-state index contributed by atoms with van der Waals surface area (Å²) in [6, 6.07) is 22.5. The molecule has 2 nitrogen and oxygen atoms in total. The van der Waals surface area contributed by atoms with Crippen LogP contribution in [0.2, 0.25) is 0 Å². The molecule has 2 heteroatoms. The molecule has 18 heavy (non-hydrogen) atoms. The molecule has 0 bridgehead atoms. The highest BCUT2D eigenvalue weighted by Crippen LogP contribution is 2.11. The van der Waals surface area contributed by atoms with E-state index in [9.17, 15) is 0 Å². The summed E-state index contributed by atoms with van der Waals surface area (Å²) >= 11 is 0. The fraction of sp³-hybridized carbons (Fsp3) is 0.0625. The summed E-state index contributed by atoms with van der Waals surface area (Å²) in [5.74, 6) is 0. The van der Waals surface area contributed by atoms with Crippen LogP contribution in [0.15, 0.2) is 71.7 Å². The summed E-state index contributed by atoms with van der Waals surface area (Å²) in [5, 5.41) is 1.23. The Hall–Kier alpha value is -2.35. The topological polar surface area (TPSA) is 17.3 Å². The van der Waals surface area contributed by atoms with E-state index in [1.165, 1.54) is 10.9 Å². The van der Waals surface area contributed by atoms with E-state index in [2.05, 4.69) is 46.0 Å². The zero-order chi connectivity index (χ0) is 12.4. The van der Waals surface area contributed by atoms with Crippen molar-refractivity contribution in [1.29, 1.82) is 0 Å². The van der Waals surface area contributed by atoms with Gasteiger partial charge in [-0.3, -0.25) is 0 Å². The lowest BCUT2D eigenvalue weighted by atomic mass is 10.2. The smallest absolute Gasteiger partial charge is 0.133 e. The SMILES string of the molecule is Cn1c(=Nc2ccccc2)ccc2ccccc21. The van der Waals surface area contributed by atoms with Crippen LogP contribution in [0.1, 0.15) is 0 Å². The van der Waals surface area contributed by atoms with Gasteiger partial charge in [0, 0.05) is 12.6 Å². The monoisotopic (exact) mass is 234 g/mol. The lowest BCUT2D eigenvalue weighted by Crippen LogP contribution is -2.16. The van der Waals surface area contributed by atoms with Crippen LogP contribution < -0.4 is 5.49 Å². The largest absolute Gasteiger partial charge is 0.329 e. The van der Waals surface area contributed by atoms with Crippen molar-refractivity contribution in [3.63, 3.8) is 0 Å². The Morgan fingerprint density at radius 1 is 0.778 bits per heavy atom. The van der Waals surface area contributed by atoms with Gasteiger partial charge in [-0.2, -0.15) is 0 Å². The highest BCUT2D eigenvalue weighted by atomic mass is 15.0. The lowest BCUT2D eigenvalue weighted by Gasteiger charge is -2.05. The van der Waals surface area contributed by atoms with Gasteiger partial charge in [-0.05, 0) is 35.7 Å². The normalized spacial score (nSPS) is 11.9. The van der Waals surface area contributed by atoms with Crippen molar-refractivity contribution in [2.45, 2.75) is 0 Å². The molecule has 0 saturated carbocycles. The first-order valence-corrected chi connectivity index (χ1v) is 5.99. The van der Waals surface area contributed by atoms with E-state index in [4.69, 9.17) is 0 Å². The Bertz CT molecular complexity index is 740. The van der Waals surface area contributed by atoms with Gasteiger partial charge >= 0.3 is 0 Å². The molecule has 3 aromatic rings. The molecule has 0 aliphatic carbocycles. The molecular weight excluding hydrogens is 220 g/mol. The average Bonchev–Trinajstić information content (AvgIpc) is 2.43. The summed E-state index contributed by atoms with van der Waals surface area (Å²) < 4.78 is 2.11. The van der Waals surface area contributed by atoms with E-state index < -0.39 is 0 Å². The van der Waals surface area contributed by atoms with E-state index in [0.29, 0.717) is 0 Å². The maximum absolute atomic E-state index is 4.65. The zero-order valence-electron chi connectivity index (χ0n) is 10.2. The maximum atomic E-state index is 4.65. The molecule has 0 saturated heterocycles. The van der Waals surface area contributed by atoms with Crippen LogP contribution in [-0.2, 0) is 7.05 Å². The summed E-state index contributed by atoms with van der Waals surface area (Å²) in [7, 11) is 2.05. The van der Waals surface area contributed by atoms with Crippen molar-refractivity contribution in [2.24, 2.45) is 12.0 Å². The Balaban J connectivity index is 2.25. The summed E-state index contributed by atoms with van der Waals surface area (Å²) in [6.07, 6.45) is 0. The Morgan fingerprint density at radius 3 is 2.33 bits per heavy atom. The molecule has 0 atom stereocenters. The molecule has 0 unspecified atom stereocenters. The van der Waals surface area contributed by atoms with Crippen LogP contribution in [0.5, 0.6) is 0 Å². The van der Waals surface area contributed by atoms with Crippen LogP contribution >= 0.6 is 0 Å². The highest BCUT2D eigenvalue weighted by molar-refractivity contribution is 5.78. The van der Waals surface area contributed by atoms with Crippen molar-refractivity contribution in [3.8, 4) is 0 Å². The van der Waals surface area contributed by atoms with Crippen molar-refractivity contribution in [2.75, 3.05) is 0 Å². The highest BCUT2D eigenvalue weighted by Gasteiger charge is 1.96. The molecule has 1 heterocycles. The first-order chi connectivity index (χ1) is 8.84. The van der Waals surface area contributed by atoms with E-state index in [1.807, 2.05) is 37.4 Å². The molecule has 0 N–H and O–H groups in total. The van der Waals surface area contributed by atoms with Crippen molar-refractivity contribution in [3.05, 3.63) is 72.2 Å². The summed E-state index contributed by atoms with van der Waals surface area (Å²) in [5.41, 5.74) is 3.12. The molecule has 0 radical (unpaired) electrons. The van der Waals surface area contributed by atoms with E-state index >= 15 is 0 Å². The Labute approximate surface area is 106 Å². The number of aromatic nitrogens is 1. The van der Waals surface area contributed by atoms with Crippen LogP contribution in [0.4, 0.5) is 5.69 Å². The molecule has 0 spiro atoms. The first kappa shape index (κ1) is 10.8. The van der Waals surface area contributed by atoms with Gasteiger partial charge < -0.3 is 4.57 Å². The van der Waals surface area contributed by atoms with Gasteiger partial charge in [-0.1, -0.05) is 36.4 Å². The molecule has 0 aliphatic rings. The number of hydrogen-bond donors (Lipinski definition) is 0. The second-order valence-electron chi connectivity index (χ2n) is 4.26. The number of aryl methyl sites for hydroxylation is 1. The number of benzene rings is 2. The zero-order valence-corrected chi connectivity index (χ0v) is 10.2. The number of rotatable bonds is 1. The number of nitrogens with zero attached hydrogens (tertiary/aromatic N) is 2. The minimum Gasteiger partial charge on any atom is -0.329 e. The Morgan fingerprint density at radius 2 is 1.50 bits per heavy atom. The van der Waals surface area contributed by atoms with E-state index in [0.717, 1.165) is 11.2 Å². The van der Waals surface area contributed by atoms with Gasteiger partial charge in [0.05, 0.1) is 5.69 Å².